The molecule has 2 aromatic rings. The van der Waals surface area contributed by atoms with Crippen molar-refractivity contribution < 1.29 is 0 Å². The van der Waals surface area contributed by atoms with E-state index in [1.165, 1.54) is 35.5 Å². The minimum atomic E-state index is 0.614. The van der Waals surface area contributed by atoms with Gasteiger partial charge in [0.15, 0.2) is 0 Å². The molecule has 0 unspecified atom stereocenters. The maximum absolute atomic E-state index is 2.21. The van der Waals surface area contributed by atoms with Crippen molar-refractivity contribution >= 4 is 24.4 Å². The van der Waals surface area contributed by atoms with Crippen LogP contribution < -0.4 is 0 Å². The summed E-state index contributed by atoms with van der Waals surface area (Å²) in [6.07, 6.45) is 0. The Morgan fingerprint density at radius 3 is 1.36 bits per heavy atom. The molecule has 0 spiro atoms. The van der Waals surface area contributed by atoms with E-state index < -0.39 is 0 Å². The van der Waals surface area contributed by atoms with Gasteiger partial charge < -0.3 is 0 Å². The summed E-state index contributed by atoms with van der Waals surface area (Å²) in [6.45, 7) is 0. The van der Waals surface area contributed by atoms with Crippen molar-refractivity contribution in [2.45, 2.75) is 3.67 Å². The molecule has 1 heteroatoms. The van der Waals surface area contributed by atoms with Crippen molar-refractivity contribution in [2.24, 2.45) is 0 Å². The van der Waals surface area contributed by atoms with Gasteiger partial charge in [0, 0.05) is 0 Å². The van der Waals surface area contributed by atoms with E-state index in [0.29, 0.717) is 3.67 Å². The second-order valence-corrected chi connectivity index (χ2v) is 5.20. The fraction of sp³-hybridized carbons (Fsp3) is 0.0769. The van der Waals surface area contributed by atoms with Gasteiger partial charge in [-0.15, -0.1) is 0 Å². The Labute approximate surface area is 99.5 Å². The average molecular weight is 282 g/mol. The van der Waals surface area contributed by atoms with Gasteiger partial charge in [0.2, 0.25) is 0 Å². The SMILES string of the molecule is [In][CH](c1ccccc1)c1ccccc1. The zero-order valence-electron chi connectivity index (χ0n) is 7.93. The molecule has 0 amide bonds. The van der Waals surface area contributed by atoms with Crippen LogP contribution in [0.25, 0.3) is 0 Å². The Morgan fingerprint density at radius 1 is 0.643 bits per heavy atom. The van der Waals surface area contributed by atoms with Crippen LogP contribution in [0.3, 0.4) is 0 Å². The van der Waals surface area contributed by atoms with Crippen molar-refractivity contribution in [1.29, 1.82) is 0 Å². The van der Waals surface area contributed by atoms with Crippen LogP contribution in [0.2, 0.25) is 0 Å². The first kappa shape index (κ1) is 9.85. The summed E-state index contributed by atoms with van der Waals surface area (Å²) in [4.78, 5) is 0. The van der Waals surface area contributed by atoms with Crippen LogP contribution in [0.1, 0.15) is 14.8 Å². The summed E-state index contributed by atoms with van der Waals surface area (Å²) in [6, 6.07) is 21.4. The predicted octanol–water partition coefficient (Wildman–Crippen LogP) is 2.94. The molecule has 2 aromatic carbocycles. The summed E-state index contributed by atoms with van der Waals surface area (Å²) in [5.74, 6) is 0. The van der Waals surface area contributed by atoms with E-state index in [0.717, 1.165) is 0 Å². The van der Waals surface area contributed by atoms with Gasteiger partial charge >= 0.3 is 99.8 Å². The van der Waals surface area contributed by atoms with Crippen molar-refractivity contribution in [1.82, 2.24) is 0 Å². The van der Waals surface area contributed by atoms with Gasteiger partial charge in [-0.1, -0.05) is 0 Å². The Hall–Kier alpha value is -0.690. The first-order chi connectivity index (χ1) is 6.88. The molecule has 0 saturated heterocycles. The second-order valence-electron chi connectivity index (χ2n) is 3.30. The summed E-state index contributed by atoms with van der Waals surface area (Å²) < 4.78 is 0.614. The molecule has 2 radical (unpaired) electrons. The fourth-order valence-corrected chi connectivity index (χ4v) is 2.78. The molecule has 0 nitrogen and oxygen atoms in total. The molecular weight excluding hydrogens is 271 g/mol. The van der Waals surface area contributed by atoms with Crippen molar-refractivity contribution in [2.75, 3.05) is 0 Å². The third-order valence-corrected chi connectivity index (χ3v) is 4.51. The zero-order chi connectivity index (χ0) is 9.80. The molecule has 14 heavy (non-hydrogen) atoms. The summed E-state index contributed by atoms with van der Waals surface area (Å²) >= 11 is 1.23. The van der Waals surface area contributed by atoms with Crippen LogP contribution in [0, 0.1) is 0 Å². The fourth-order valence-electron chi connectivity index (χ4n) is 1.51. The van der Waals surface area contributed by atoms with E-state index in [2.05, 4.69) is 60.7 Å². The molecule has 0 N–H and O–H groups in total. The minimum absolute atomic E-state index is 0.614. The number of hydrogen-bond donors (Lipinski definition) is 0. The van der Waals surface area contributed by atoms with Crippen LogP contribution in [0.4, 0.5) is 0 Å². The quantitative estimate of drug-likeness (QED) is 0.794. The number of hydrogen-bond acceptors (Lipinski definition) is 0. The maximum atomic E-state index is 2.21. The number of rotatable bonds is 2. The van der Waals surface area contributed by atoms with Crippen molar-refractivity contribution in [3.63, 3.8) is 0 Å². The van der Waals surface area contributed by atoms with E-state index >= 15 is 0 Å². The molecular formula is C13H11In. The molecule has 0 fully saturated rings. The van der Waals surface area contributed by atoms with Gasteiger partial charge in [0.25, 0.3) is 0 Å². The van der Waals surface area contributed by atoms with Gasteiger partial charge in [0.1, 0.15) is 0 Å². The van der Waals surface area contributed by atoms with Gasteiger partial charge in [-0.05, 0) is 0 Å². The normalized spacial score (nSPS) is 10.4. The van der Waals surface area contributed by atoms with Crippen LogP contribution in [0.5, 0.6) is 0 Å². The van der Waals surface area contributed by atoms with Crippen LogP contribution >= 0.6 is 0 Å². The molecule has 0 saturated carbocycles. The Bertz CT molecular complexity index is 341. The summed E-state index contributed by atoms with van der Waals surface area (Å²) in [7, 11) is 0. The number of benzene rings is 2. The first-order valence-electron chi connectivity index (χ1n) is 4.73. The molecule has 0 aliphatic rings. The van der Waals surface area contributed by atoms with Gasteiger partial charge in [-0.2, -0.15) is 0 Å². The van der Waals surface area contributed by atoms with Crippen molar-refractivity contribution in [3.8, 4) is 0 Å². The van der Waals surface area contributed by atoms with E-state index in [4.69, 9.17) is 0 Å². The van der Waals surface area contributed by atoms with Crippen LogP contribution in [-0.4, -0.2) is 24.4 Å². The van der Waals surface area contributed by atoms with E-state index in [-0.39, 0.29) is 0 Å². The Balaban J connectivity index is 2.30. The molecule has 0 aliphatic carbocycles. The first-order valence-corrected chi connectivity index (χ1v) is 6.63. The Kier molecular flexibility index (Phi) is 3.30. The summed E-state index contributed by atoms with van der Waals surface area (Å²) in [5.41, 5.74) is 2.86. The second kappa shape index (κ2) is 4.70. The third-order valence-electron chi connectivity index (χ3n) is 2.32. The molecule has 2 rings (SSSR count). The van der Waals surface area contributed by atoms with E-state index in [1.807, 2.05) is 0 Å². The van der Waals surface area contributed by atoms with Gasteiger partial charge in [-0.25, -0.2) is 0 Å². The van der Waals surface area contributed by atoms with Gasteiger partial charge in [-0.3, -0.25) is 0 Å². The standard InChI is InChI=1S/C13H11.In/c1-3-7-12(8-4-1)11-13-9-5-2-6-10-13;/h1-11H;. The average Bonchev–Trinajstić information content (AvgIpc) is 2.30. The van der Waals surface area contributed by atoms with E-state index in [9.17, 15) is 0 Å². The third kappa shape index (κ3) is 2.21. The topological polar surface area (TPSA) is 0 Å². The van der Waals surface area contributed by atoms with Crippen LogP contribution in [-0.2, 0) is 0 Å². The molecule has 0 aliphatic heterocycles. The van der Waals surface area contributed by atoms with E-state index in [1.54, 1.807) is 0 Å². The van der Waals surface area contributed by atoms with Crippen molar-refractivity contribution in [3.05, 3.63) is 71.8 Å². The summed E-state index contributed by atoms with van der Waals surface area (Å²) in [5, 5.41) is 0. The Morgan fingerprint density at radius 2 is 1.00 bits per heavy atom. The molecule has 0 atom stereocenters. The predicted molar refractivity (Wildman–Crippen MR) is 60.5 cm³/mol. The molecule has 66 valence electrons. The van der Waals surface area contributed by atoms with Gasteiger partial charge in [0.05, 0.1) is 0 Å². The zero-order valence-corrected chi connectivity index (χ0v) is 11.2. The molecule has 0 heterocycles. The van der Waals surface area contributed by atoms with Crippen LogP contribution in [0.15, 0.2) is 60.7 Å². The monoisotopic (exact) mass is 282 g/mol. The molecule has 0 bridgehead atoms. The molecule has 0 aromatic heterocycles.